The van der Waals surface area contributed by atoms with Crippen molar-refractivity contribution < 1.29 is 4.57 Å². The Balaban J connectivity index is 2.29. The molecule has 1 heterocycles. The van der Waals surface area contributed by atoms with E-state index in [0.717, 1.165) is 0 Å². The smallest absolute Gasteiger partial charge is 0.234 e. The molecule has 1 rings (SSSR count). The largest absolute Gasteiger partial charge is 0.256 e. The van der Waals surface area contributed by atoms with Gasteiger partial charge in [-0.05, 0) is 32.1 Å². The Labute approximate surface area is 228 Å². The van der Waals surface area contributed by atoms with Gasteiger partial charge in [0.2, 0.25) is 0 Å². The Kier molecular flexibility index (Phi) is 23.9. The monoisotopic (exact) mass is 504 g/mol. The van der Waals surface area contributed by atoms with Gasteiger partial charge in [0.25, 0.3) is 5.82 Å². The first-order chi connectivity index (χ1) is 17.8. The number of rotatable bonds is 28. The minimum Gasteiger partial charge on any atom is -0.234 e. The van der Waals surface area contributed by atoms with Crippen molar-refractivity contribution in [1.29, 1.82) is 0 Å². The SMILES string of the molecule is CCCCCCCCCCCCn1cc[n+](CCCCCCCCCCCC)c1CCCCCCC. The fraction of sp³-hybridized carbons (Fsp3) is 0.912. The maximum atomic E-state index is 2.61. The van der Waals surface area contributed by atoms with Crippen molar-refractivity contribution >= 4 is 0 Å². The predicted octanol–water partition coefficient (Wildman–Crippen LogP) is 11.1. The number of hydrogen-bond acceptors (Lipinski definition) is 0. The summed E-state index contributed by atoms with van der Waals surface area (Å²) in [6.45, 7) is 9.39. The quantitative estimate of drug-likeness (QED) is 0.0794. The Morgan fingerprint density at radius 1 is 0.472 bits per heavy atom. The summed E-state index contributed by atoms with van der Waals surface area (Å²) in [5.41, 5.74) is 0. The van der Waals surface area contributed by atoms with E-state index < -0.39 is 0 Å². The third-order valence-electron chi connectivity index (χ3n) is 8.10. The van der Waals surface area contributed by atoms with Crippen molar-refractivity contribution in [3.63, 3.8) is 0 Å². The first-order valence-electron chi connectivity index (χ1n) is 16.9. The molecule has 0 aromatic carbocycles. The second-order valence-corrected chi connectivity index (χ2v) is 11.6. The number of imidazole rings is 1. The molecule has 0 atom stereocenters. The minimum atomic E-state index is 1.23. The van der Waals surface area contributed by atoms with Gasteiger partial charge in [-0.1, -0.05) is 149 Å². The molecular weight excluding hydrogens is 436 g/mol. The standard InChI is InChI=1S/C34H67N2/c1-4-7-10-13-15-17-19-21-24-27-30-35-32-33-36(34(35)29-26-23-12-9-6-3)31-28-25-22-20-18-16-14-11-8-5-2/h32-33H,4-31H2,1-3H3/q+1. The van der Waals surface area contributed by atoms with Gasteiger partial charge in [0.05, 0.1) is 13.1 Å². The van der Waals surface area contributed by atoms with Crippen molar-refractivity contribution in [2.75, 3.05) is 0 Å². The van der Waals surface area contributed by atoms with Gasteiger partial charge in [-0.2, -0.15) is 0 Å². The molecule has 2 nitrogen and oxygen atoms in total. The summed E-state index contributed by atoms with van der Waals surface area (Å²) in [5, 5.41) is 0. The fourth-order valence-corrected chi connectivity index (χ4v) is 5.62. The molecule has 0 radical (unpaired) electrons. The zero-order valence-corrected chi connectivity index (χ0v) is 25.3. The molecule has 0 bridgehead atoms. The molecule has 0 N–H and O–H groups in total. The first-order valence-corrected chi connectivity index (χ1v) is 16.9. The zero-order valence-electron chi connectivity index (χ0n) is 25.3. The molecule has 0 fully saturated rings. The number of hydrogen-bond donors (Lipinski definition) is 0. The lowest BCUT2D eigenvalue weighted by molar-refractivity contribution is -0.704. The van der Waals surface area contributed by atoms with Gasteiger partial charge in [0, 0.05) is 6.42 Å². The summed E-state index contributed by atoms with van der Waals surface area (Å²) in [7, 11) is 0. The molecule has 36 heavy (non-hydrogen) atoms. The van der Waals surface area contributed by atoms with E-state index in [-0.39, 0.29) is 0 Å². The molecule has 0 unspecified atom stereocenters. The second kappa shape index (κ2) is 25.8. The highest BCUT2D eigenvalue weighted by atomic mass is 15.1. The van der Waals surface area contributed by atoms with Crippen LogP contribution in [0.2, 0.25) is 0 Å². The number of aryl methyl sites for hydroxylation is 2. The van der Waals surface area contributed by atoms with Crippen molar-refractivity contribution in [3.8, 4) is 0 Å². The average molecular weight is 504 g/mol. The van der Waals surface area contributed by atoms with E-state index in [4.69, 9.17) is 0 Å². The third kappa shape index (κ3) is 18.5. The Morgan fingerprint density at radius 3 is 1.33 bits per heavy atom. The molecule has 0 saturated carbocycles. The minimum absolute atomic E-state index is 1.23. The van der Waals surface area contributed by atoms with Gasteiger partial charge in [0.15, 0.2) is 0 Å². The summed E-state index contributed by atoms with van der Waals surface area (Å²) in [5.74, 6) is 1.61. The molecule has 2 heteroatoms. The summed E-state index contributed by atoms with van der Waals surface area (Å²) in [6.07, 6.45) is 41.4. The van der Waals surface area contributed by atoms with Gasteiger partial charge < -0.3 is 0 Å². The molecule has 0 amide bonds. The third-order valence-corrected chi connectivity index (χ3v) is 8.10. The number of aromatic nitrogens is 2. The maximum absolute atomic E-state index is 2.61. The van der Waals surface area contributed by atoms with Crippen LogP contribution < -0.4 is 4.57 Å². The summed E-state index contributed by atoms with van der Waals surface area (Å²) in [6, 6.07) is 0. The van der Waals surface area contributed by atoms with Crippen LogP contribution in [0.4, 0.5) is 0 Å². The number of unbranched alkanes of at least 4 members (excludes halogenated alkanes) is 22. The molecular formula is C34H67N2+. The van der Waals surface area contributed by atoms with E-state index in [2.05, 4.69) is 42.3 Å². The lowest BCUT2D eigenvalue weighted by atomic mass is 10.1. The van der Waals surface area contributed by atoms with E-state index >= 15 is 0 Å². The van der Waals surface area contributed by atoms with E-state index in [9.17, 15) is 0 Å². The molecule has 0 aliphatic carbocycles. The van der Waals surface area contributed by atoms with Crippen molar-refractivity contribution in [1.82, 2.24) is 4.57 Å². The maximum Gasteiger partial charge on any atom is 0.256 e. The van der Waals surface area contributed by atoms with Crippen molar-refractivity contribution in [2.45, 2.75) is 201 Å². The second-order valence-electron chi connectivity index (χ2n) is 11.6. The Hall–Kier alpha value is -0.790. The summed E-state index contributed by atoms with van der Waals surface area (Å²) in [4.78, 5) is 0. The van der Waals surface area contributed by atoms with E-state index in [1.807, 2.05) is 0 Å². The summed E-state index contributed by atoms with van der Waals surface area (Å²) >= 11 is 0. The zero-order chi connectivity index (χ0) is 25.9. The van der Waals surface area contributed by atoms with Gasteiger partial charge >= 0.3 is 0 Å². The first kappa shape index (κ1) is 33.2. The van der Waals surface area contributed by atoms with Crippen LogP contribution in [0.25, 0.3) is 0 Å². The van der Waals surface area contributed by atoms with Crippen LogP contribution in [0.15, 0.2) is 12.4 Å². The highest BCUT2D eigenvalue weighted by Crippen LogP contribution is 2.14. The van der Waals surface area contributed by atoms with Crippen LogP contribution in [-0.4, -0.2) is 4.57 Å². The Bertz CT molecular complexity index is 520. The van der Waals surface area contributed by atoms with Crippen LogP contribution in [0, 0.1) is 0 Å². The van der Waals surface area contributed by atoms with Crippen LogP contribution in [0.1, 0.15) is 187 Å². The normalized spacial score (nSPS) is 11.5. The van der Waals surface area contributed by atoms with E-state index in [1.54, 1.807) is 5.82 Å². The van der Waals surface area contributed by atoms with Gasteiger partial charge in [-0.3, -0.25) is 0 Å². The predicted molar refractivity (Wildman–Crippen MR) is 161 cm³/mol. The topological polar surface area (TPSA) is 8.81 Å². The van der Waals surface area contributed by atoms with Gasteiger partial charge in [-0.15, -0.1) is 0 Å². The van der Waals surface area contributed by atoms with E-state index in [1.165, 1.54) is 180 Å². The van der Waals surface area contributed by atoms with Crippen LogP contribution in [0.5, 0.6) is 0 Å². The fourth-order valence-electron chi connectivity index (χ4n) is 5.62. The lowest BCUT2D eigenvalue weighted by Crippen LogP contribution is -2.37. The van der Waals surface area contributed by atoms with Crippen LogP contribution >= 0.6 is 0 Å². The molecule has 1 aromatic heterocycles. The Morgan fingerprint density at radius 2 is 0.861 bits per heavy atom. The molecule has 1 aromatic rings. The van der Waals surface area contributed by atoms with Gasteiger partial charge in [0.1, 0.15) is 12.4 Å². The molecule has 0 saturated heterocycles. The molecule has 212 valence electrons. The lowest BCUT2D eigenvalue weighted by Gasteiger charge is -2.07. The molecule has 0 spiro atoms. The summed E-state index contributed by atoms with van der Waals surface area (Å²) < 4.78 is 5.22. The van der Waals surface area contributed by atoms with Crippen LogP contribution in [0.3, 0.4) is 0 Å². The molecule has 0 aliphatic rings. The van der Waals surface area contributed by atoms with Gasteiger partial charge in [-0.25, -0.2) is 9.13 Å². The van der Waals surface area contributed by atoms with Crippen molar-refractivity contribution in [2.24, 2.45) is 0 Å². The average Bonchev–Trinajstić information content (AvgIpc) is 3.27. The van der Waals surface area contributed by atoms with E-state index in [0.29, 0.717) is 0 Å². The highest BCUT2D eigenvalue weighted by Gasteiger charge is 2.16. The number of nitrogens with zero attached hydrogens (tertiary/aromatic N) is 2. The molecule has 0 aliphatic heterocycles. The highest BCUT2D eigenvalue weighted by molar-refractivity contribution is 4.84. The van der Waals surface area contributed by atoms with Crippen LogP contribution in [-0.2, 0) is 19.5 Å². The van der Waals surface area contributed by atoms with Crippen molar-refractivity contribution in [3.05, 3.63) is 18.2 Å².